The van der Waals surface area contributed by atoms with Crippen LogP contribution in [0.5, 0.6) is 23.0 Å². The van der Waals surface area contributed by atoms with Crippen molar-refractivity contribution in [3.05, 3.63) is 53.2 Å². The van der Waals surface area contributed by atoms with Crippen LogP contribution >= 0.6 is 0 Å². The van der Waals surface area contributed by atoms with Gasteiger partial charge in [-0.3, -0.25) is 4.79 Å². The fourth-order valence-electron chi connectivity index (χ4n) is 2.76. The quantitative estimate of drug-likeness (QED) is 0.793. The molecule has 1 N–H and O–H groups in total. The second-order valence-corrected chi connectivity index (χ2v) is 5.59. The van der Waals surface area contributed by atoms with Crippen LogP contribution in [0.25, 0.3) is 6.08 Å². The Bertz CT molecular complexity index is 912. The molecule has 0 saturated carbocycles. The summed E-state index contributed by atoms with van der Waals surface area (Å²) in [5, 5.41) is 2.77. The van der Waals surface area contributed by atoms with Gasteiger partial charge >= 0.3 is 0 Å². The lowest BCUT2D eigenvalue weighted by atomic mass is 10.1. The first-order valence-corrected chi connectivity index (χ1v) is 8.16. The van der Waals surface area contributed by atoms with E-state index < -0.39 is 0 Å². The number of nitrogens with one attached hydrogen (secondary N) is 1. The lowest BCUT2D eigenvalue weighted by molar-refractivity contribution is -0.115. The van der Waals surface area contributed by atoms with Crippen LogP contribution in [0.1, 0.15) is 11.1 Å². The minimum absolute atomic E-state index is 0.251. The molecule has 1 heterocycles. The first kappa shape index (κ1) is 18.3. The molecule has 0 spiro atoms. The highest BCUT2D eigenvalue weighted by atomic mass is 16.5. The standard InChI is InChI=1S/C20H20N2O5/c1-24-13-9-8-12(17(11-13)27-4)10-14-20(23)22-19(21-14)18-15(25-2)6-5-7-16(18)26-3/h5-11H,1-4H3,(H,21,22,23)/b14-10+. The highest BCUT2D eigenvalue weighted by Crippen LogP contribution is 2.31. The van der Waals surface area contributed by atoms with E-state index in [1.807, 2.05) is 0 Å². The van der Waals surface area contributed by atoms with E-state index in [0.717, 1.165) is 0 Å². The van der Waals surface area contributed by atoms with E-state index in [1.54, 1.807) is 70.9 Å². The zero-order valence-corrected chi connectivity index (χ0v) is 15.5. The Hall–Kier alpha value is -3.48. The molecule has 0 bridgehead atoms. The average Bonchev–Trinajstić information content (AvgIpc) is 3.07. The predicted molar refractivity (Wildman–Crippen MR) is 102 cm³/mol. The Morgan fingerprint density at radius 3 is 2.15 bits per heavy atom. The van der Waals surface area contributed by atoms with Gasteiger partial charge in [0.15, 0.2) is 0 Å². The molecule has 0 aromatic heterocycles. The summed E-state index contributed by atoms with van der Waals surface area (Å²) in [4.78, 5) is 16.9. The van der Waals surface area contributed by atoms with Gasteiger partial charge in [0.1, 0.15) is 40.1 Å². The van der Waals surface area contributed by atoms with Gasteiger partial charge in [-0.25, -0.2) is 4.99 Å². The molecule has 0 unspecified atom stereocenters. The summed E-state index contributed by atoms with van der Waals surface area (Å²) in [7, 11) is 6.23. The van der Waals surface area contributed by atoms with Crippen LogP contribution in [0.15, 0.2) is 47.1 Å². The number of rotatable bonds is 6. The summed E-state index contributed by atoms with van der Waals surface area (Å²) in [5.41, 5.74) is 1.54. The summed E-state index contributed by atoms with van der Waals surface area (Å²) < 4.78 is 21.3. The average molecular weight is 368 g/mol. The molecule has 0 saturated heterocycles. The van der Waals surface area contributed by atoms with Crippen molar-refractivity contribution < 1.29 is 23.7 Å². The molecule has 0 aliphatic carbocycles. The fraction of sp³-hybridized carbons (Fsp3) is 0.200. The topological polar surface area (TPSA) is 78.4 Å². The highest BCUT2D eigenvalue weighted by Gasteiger charge is 2.26. The maximum Gasteiger partial charge on any atom is 0.275 e. The number of amides is 1. The van der Waals surface area contributed by atoms with Gasteiger partial charge in [-0.2, -0.15) is 0 Å². The molecule has 1 amide bonds. The molecular weight excluding hydrogens is 348 g/mol. The number of carbonyl (C=O) groups is 1. The van der Waals surface area contributed by atoms with Crippen molar-refractivity contribution in [2.24, 2.45) is 4.99 Å². The summed E-state index contributed by atoms with van der Waals surface area (Å²) in [5.74, 6) is 2.39. The zero-order valence-electron chi connectivity index (χ0n) is 15.5. The molecule has 3 rings (SSSR count). The third-order valence-corrected chi connectivity index (χ3v) is 4.09. The number of carbonyl (C=O) groups excluding carboxylic acids is 1. The van der Waals surface area contributed by atoms with Gasteiger partial charge in [-0.1, -0.05) is 6.07 Å². The molecule has 2 aromatic rings. The van der Waals surface area contributed by atoms with Crippen LogP contribution < -0.4 is 24.3 Å². The van der Waals surface area contributed by atoms with Crippen molar-refractivity contribution in [3.8, 4) is 23.0 Å². The Morgan fingerprint density at radius 2 is 1.56 bits per heavy atom. The van der Waals surface area contributed by atoms with Crippen molar-refractivity contribution in [1.29, 1.82) is 0 Å². The van der Waals surface area contributed by atoms with Crippen LogP contribution in [0.4, 0.5) is 0 Å². The van der Waals surface area contributed by atoms with E-state index in [1.165, 1.54) is 0 Å². The van der Waals surface area contributed by atoms with Crippen molar-refractivity contribution in [2.45, 2.75) is 0 Å². The molecule has 0 radical (unpaired) electrons. The molecule has 0 fully saturated rings. The summed E-state index contributed by atoms with van der Waals surface area (Å²) in [6.45, 7) is 0. The van der Waals surface area contributed by atoms with Gasteiger partial charge in [0, 0.05) is 11.6 Å². The summed E-state index contributed by atoms with van der Waals surface area (Å²) in [6.07, 6.45) is 1.66. The van der Waals surface area contributed by atoms with Crippen molar-refractivity contribution in [1.82, 2.24) is 5.32 Å². The van der Waals surface area contributed by atoms with Crippen molar-refractivity contribution >= 4 is 17.8 Å². The van der Waals surface area contributed by atoms with E-state index in [9.17, 15) is 4.79 Å². The molecule has 1 aliphatic heterocycles. The van der Waals surface area contributed by atoms with Gasteiger partial charge in [0.25, 0.3) is 5.91 Å². The molecule has 7 heteroatoms. The molecule has 1 aliphatic rings. The third kappa shape index (κ3) is 3.57. The Labute approximate surface area is 157 Å². The molecule has 27 heavy (non-hydrogen) atoms. The second-order valence-electron chi connectivity index (χ2n) is 5.59. The number of methoxy groups -OCH3 is 4. The van der Waals surface area contributed by atoms with Crippen molar-refractivity contribution in [2.75, 3.05) is 28.4 Å². The minimum atomic E-state index is -0.323. The van der Waals surface area contributed by atoms with Crippen LogP contribution in [0, 0.1) is 0 Å². The van der Waals surface area contributed by atoms with Gasteiger partial charge in [0.05, 0.1) is 28.4 Å². The van der Waals surface area contributed by atoms with E-state index in [0.29, 0.717) is 40.0 Å². The van der Waals surface area contributed by atoms with E-state index >= 15 is 0 Å². The predicted octanol–water partition coefficient (Wildman–Crippen LogP) is 2.64. The maximum atomic E-state index is 12.4. The van der Waals surface area contributed by atoms with E-state index in [-0.39, 0.29) is 11.6 Å². The normalized spacial score (nSPS) is 14.6. The first-order chi connectivity index (χ1) is 13.1. The second kappa shape index (κ2) is 7.82. The van der Waals surface area contributed by atoms with Crippen LogP contribution in [0.2, 0.25) is 0 Å². The SMILES string of the molecule is COc1ccc(/C=C2/N=C(c3c(OC)cccc3OC)NC2=O)c(OC)c1. The van der Waals surface area contributed by atoms with Gasteiger partial charge < -0.3 is 24.3 Å². The number of amidine groups is 1. The minimum Gasteiger partial charge on any atom is -0.497 e. The number of hydrogen-bond acceptors (Lipinski definition) is 6. The number of hydrogen-bond donors (Lipinski definition) is 1. The lowest BCUT2D eigenvalue weighted by Gasteiger charge is -2.12. The van der Waals surface area contributed by atoms with E-state index in [4.69, 9.17) is 18.9 Å². The number of benzene rings is 2. The Morgan fingerprint density at radius 1 is 0.889 bits per heavy atom. The van der Waals surface area contributed by atoms with Crippen LogP contribution in [0.3, 0.4) is 0 Å². The number of nitrogens with zero attached hydrogens (tertiary/aromatic N) is 1. The fourth-order valence-corrected chi connectivity index (χ4v) is 2.76. The Kier molecular flexibility index (Phi) is 5.30. The van der Waals surface area contributed by atoms with Gasteiger partial charge in [0.2, 0.25) is 0 Å². The number of aliphatic imine (C=N–C) groups is 1. The monoisotopic (exact) mass is 368 g/mol. The van der Waals surface area contributed by atoms with Crippen LogP contribution in [-0.4, -0.2) is 40.2 Å². The zero-order chi connectivity index (χ0) is 19.4. The maximum absolute atomic E-state index is 12.4. The molecular formula is C20H20N2O5. The van der Waals surface area contributed by atoms with Crippen LogP contribution in [-0.2, 0) is 4.79 Å². The Balaban J connectivity index is 2.04. The molecule has 2 aromatic carbocycles. The largest absolute Gasteiger partial charge is 0.497 e. The summed E-state index contributed by atoms with van der Waals surface area (Å²) in [6, 6.07) is 10.7. The molecule has 140 valence electrons. The molecule has 7 nitrogen and oxygen atoms in total. The van der Waals surface area contributed by atoms with Crippen molar-refractivity contribution in [3.63, 3.8) is 0 Å². The van der Waals surface area contributed by atoms with Gasteiger partial charge in [-0.05, 0) is 30.3 Å². The van der Waals surface area contributed by atoms with Gasteiger partial charge in [-0.15, -0.1) is 0 Å². The number of ether oxygens (including phenoxy) is 4. The lowest BCUT2D eigenvalue weighted by Crippen LogP contribution is -2.25. The smallest absolute Gasteiger partial charge is 0.275 e. The summed E-state index contributed by atoms with van der Waals surface area (Å²) >= 11 is 0. The highest BCUT2D eigenvalue weighted by molar-refractivity contribution is 6.21. The van der Waals surface area contributed by atoms with E-state index in [2.05, 4.69) is 10.3 Å². The third-order valence-electron chi connectivity index (χ3n) is 4.09. The molecule has 0 atom stereocenters. The first-order valence-electron chi connectivity index (χ1n) is 8.16.